The van der Waals surface area contributed by atoms with Crippen molar-refractivity contribution in [2.24, 2.45) is 0 Å². The minimum atomic E-state index is 0.588. The van der Waals surface area contributed by atoms with Gasteiger partial charge < -0.3 is 8.98 Å². The zero-order chi connectivity index (χ0) is 41.4. The van der Waals surface area contributed by atoms with Crippen LogP contribution in [0.25, 0.3) is 126 Å². The van der Waals surface area contributed by atoms with E-state index >= 15 is 0 Å². The molecule has 9 aromatic carbocycles. The molecule has 0 atom stereocenters. The molecule has 0 fully saturated rings. The summed E-state index contributed by atoms with van der Waals surface area (Å²) >= 11 is 1.80. The van der Waals surface area contributed by atoms with Crippen molar-refractivity contribution in [2.45, 2.75) is 0 Å². The summed E-state index contributed by atoms with van der Waals surface area (Å²) in [6.07, 6.45) is 0. The number of fused-ring (bicyclic) bond motifs is 9. The quantitative estimate of drug-likeness (QED) is 0.168. The predicted octanol–water partition coefficient (Wildman–Crippen LogP) is 15.6. The van der Waals surface area contributed by atoms with Gasteiger partial charge in [-0.15, -0.1) is 11.3 Å². The summed E-state index contributed by atoms with van der Waals surface area (Å²) in [4.78, 5) is 15.7. The van der Waals surface area contributed by atoms with Crippen LogP contribution in [0.5, 0.6) is 0 Å². The minimum absolute atomic E-state index is 0.588. The van der Waals surface area contributed by atoms with Gasteiger partial charge in [0, 0.05) is 64.1 Å². The van der Waals surface area contributed by atoms with E-state index in [9.17, 15) is 0 Å². The lowest BCUT2D eigenvalue weighted by molar-refractivity contribution is 0.669. The van der Waals surface area contributed by atoms with Gasteiger partial charge in [0.1, 0.15) is 11.2 Å². The number of rotatable bonds is 6. The van der Waals surface area contributed by atoms with Crippen molar-refractivity contribution in [1.82, 2.24) is 19.5 Å². The summed E-state index contributed by atoms with van der Waals surface area (Å²) in [5.74, 6) is 1.82. The predicted molar refractivity (Wildman–Crippen MR) is 262 cm³/mol. The molecule has 13 aromatic rings. The normalized spacial score (nSPS) is 11.8. The first-order valence-corrected chi connectivity index (χ1v) is 21.9. The number of benzene rings is 9. The molecule has 0 aliphatic heterocycles. The summed E-state index contributed by atoms with van der Waals surface area (Å²) in [6.45, 7) is 0. The van der Waals surface area contributed by atoms with E-state index < -0.39 is 0 Å². The molecule has 0 spiro atoms. The monoisotopic (exact) mass is 822 g/mol. The fourth-order valence-electron chi connectivity index (χ4n) is 9.26. The topological polar surface area (TPSA) is 56.7 Å². The highest BCUT2D eigenvalue weighted by molar-refractivity contribution is 7.26. The number of hydrogen-bond acceptors (Lipinski definition) is 5. The molecule has 0 radical (unpaired) electrons. The summed E-state index contributed by atoms with van der Waals surface area (Å²) in [5, 5.41) is 6.92. The average Bonchev–Trinajstić information content (AvgIpc) is 4.03. The van der Waals surface area contributed by atoms with E-state index in [-0.39, 0.29) is 0 Å². The zero-order valence-corrected chi connectivity index (χ0v) is 34.6. The second-order valence-corrected chi connectivity index (χ2v) is 17.1. The largest absolute Gasteiger partial charge is 0.456 e. The highest BCUT2D eigenvalue weighted by atomic mass is 32.1. The first-order valence-electron chi connectivity index (χ1n) is 21.1. The Bertz CT molecular complexity index is 3900. The molecule has 0 saturated heterocycles. The van der Waals surface area contributed by atoms with Crippen LogP contribution < -0.4 is 0 Å². The maximum absolute atomic E-state index is 6.34. The van der Waals surface area contributed by atoms with E-state index in [2.05, 4.69) is 187 Å². The van der Waals surface area contributed by atoms with Crippen LogP contribution in [0.15, 0.2) is 211 Å². The Labute approximate surface area is 365 Å². The van der Waals surface area contributed by atoms with Gasteiger partial charge in [-0.05, 0) is 89.0 Å². The molecule has 6 heteroatoms. The molecule has 0 unspecified atom stereocenters. The lowest BCUT2D eigenvalue weighted by Gasteiger charge is -2.10. The number of para-hydroxylation sites is 3. The third-order valence-corrected chi connectivity index (χ3v) is 13.4. The van der Waals surface area contributed by atoms with Crippen LogP contribution in [0.4, 0.5) is 0 Å². The van der Waals surface area contributed by atoms with Gasteiger partial charge in [0.2, 0.25) is 0 Å². The second-order valence-electron chi connectivity index (χ2n) is 16.0. The molecule has 0 aliphatic rings. The standard InChI is InChI=1S/C57H34N4OS/c1-3-12-35(13-4-1)36-22-24-37(25-23-36)55-58-56(40-26-29-44-43-17-8-10-20-50(43)62-51(44)34-40)60-57(59-55)45-18-11-21-53-54(45)47-33-39(28-31-52(47)63-53)38-27-30-49-46(32-38)42-16-7-9-19-48(42)61(49)41-14-5-2-6-15-41/h1-34H. The number of aromatic nitrogens is 4. The Balaban J connectivity index is 0.978. The zero-order valence-electron chi connectivity index (χ0n) is 33.7. The van der Waals surface area contributed by atoms with E-state index in [4.69, 9.17) is 19.4 Å². The number of thiophene rings is 1. The molecule has 4 aromatic heterocycles. The van der Waals surface area contributed by atoms with Gasteiger partial charge in [0.25, 0.3) is 0 Å². The molecular formula is C57H34N4OS. The SMILES string of the molecule is c1ccc(-c2ccc(-c3nc(-c4ccc5c(c4)oc4ccccc45)nc(-c4cccc5sc6ccc(-c7ccc8c(c7)c7ccccc7n8-c7ccccc7)cc6c45)n3)cc2)cc1. The maximum Gasteiger partial charge on any atom is 0.164 e. The number of hydrogen-bond donors (Lipinski definition) is 0. The number of furan rings is 1. The molecule has 294 valence electrons. The maximum atomic E-state index is 6.34. The first kappa shape index (κ1) is 35.6. The average molecular weight is 823 g/mol. The lowest BCUT2D eigenvalue weighted by Crippen LogP contribution is -2.00. The molecule has 13 rings (SSSR count). The van der Waals surface area contributed by atoms with Crippen LogP contribution in [0.2, 0.25) is 0 Å². The van der Waals surface area contributed by atoms with E-state index in [0.717, 1.165) is 66.4 Å². The Morgan fingerprint density at radius 3 is 1.79 bits per heavy atom. The lowest BCUT2D eigenvalue weighted by atomic mass is 9.99. The van der Waals surface area contributed by atoms with Crippen LogP contribution in [0.3, 0.4) is 0 Å². The minimum Gasteiger partial charge on any atom is -0.456 e. The van der Waals surface area contributed by atoms with E-state index in [1.54, 1.807) is 11.3 Å². The van der Waals surface area contributed by atoms with Gasteiger partial charge in [0.15, 0.2) is 17.5 Å². The summed E-state index contributed by atoms with van der Waals surface area (Å²) in [5.41, 5.74) is 12.6. The van der Waals surface area contributed by atoms with E-state index in [1.165, 1.54) is 42.2 Å². The van der Waals surface area contributed by atoms with Crippen LogP contribution in [-0.4, -0.2) is 19.5 Å². The Hall–Kier alpha value is -8.19. The molecule has 0 amide bonds. The second kappa shape index (κ2) is 14.2. The Morgan fingerprint density at radius 2 is 0.952 bits per heavy atom. The first-order chi connectivity index (χ1) is 31.2. The van der Waals surface area contributed by atoms with Crippen molar-refractivity contribution in [3.63, 3.8) is 0 Å². The van der Waals surface area contributed by atoms with Crippen molar-refractivity contribution in [3.05, 3.63) is 206 Å². The van der Waals surface area contributed by atoms with Gasteiger partial charge in [-0.25, -0.2) is 15.0 Å². The van der Waals surface area contributed by atoms with Gasteiger partial charge in [-0.3, -0.25) is 0 Å². The number of nitrogens with zero attached hydrogens (tertiary/aromatic N) is 4. The van der Waals surface area contributed by atoms with Crippen molar-refractivity contribution in [1.29, 1.82) is 0 Å². The summed E-state index contributed by atoms with van der Waals surface area (Å²) < 4.78 is 11.1. The van der Waals surface area contributed by atoms with Crippen molar-refractivity contribution >= 4 is 75.3 Å². The molecule has 4 heterocycles. The van der Waals surface area contributed by atoms with Gasteiger partial charge in [-0.1, -0.05) is 140 Å². The van der Waals surface area contributed by atoms with Gasteiger partial charge in [-0.2, -0.15) is 0 Å². The smallest absolute Gasteiger partial charge is 0.164 e. The van der Waals surface area contributed by atoms with Crippen LogP contribution in [0, 0.1) is 0 Å². The molecule has 0 saturated carbocycles. The summed E-state index contributed by atoms with van der Waals surface area (Å²) in [6, 6.07) is 72.8. The molecule has 0 N–H and O–H groups in total. The van der Waals surface area contributed by atoms with Gasteiger partial charge >= 0.3 is 0 Å². The van der Waals surface area contributed by atoms with Crippen LogP contribution >= 0.6 is 11.3 Å². The molecule has 0 bridgehead atoms. The molecule has 0 aliphatic carbocycles. The van der Waals surface area contributed by atoms with E-state index in [1.807, 2.05) is 24.3 Å². The molecule has 63 heavy (non-hydrogen) atoms. The Morgan fingerprint density at radius 1 is 0.349 bits per heavy atom. The fourth-order valence-corrected chi connectivity index (χ4v) is 10.4. The van der Waals surface area contributed by atoms with Crippen molar-refractivity contribution < 1.29 is 4.42 Å². The molecular weight excluding hydrogens is 789 g/mol. The van der Waals surface area contributed by atoms with E-state index in [0.29, 0.717) is 17.5 Å². The Kier molecular flexibility index (Phi) is 8.01. The van der Waals surface area contributed by atoms with Crippen molar-refractivity contribution in [3.8, 4) is 62.1 Å². The molecule has 5 nitrogen and oxygen atoms in total. The van der Waals surface area contributed by atoms with Crippen LogP contribution in [-0.2, 0) is 0 Å². The highest BCUT2D eigenvalue weighted by Gasteiger charge is 2.20. The third kappa shape index (κ3) is 5.87. The third-order valence-electron chi connectivity index (χ3n) is 12.3. The van der Waals surface area contributed by atoms with Gasteiger partial charge in [0.05, 0.1) is 11.0 Å². The fraction of sp³-hybridized carbons (Fsp3) is 0. The van der Waals surface area contributed by atoms with Crippen LogP contribution in [0.1, 0.15) is 0 Å². The summed E-state index contributed by atoms with van der Waals surface area (Å²) in [7, 11) is 0. The van der Waals surface area contributed by atoms with Crippen molar-refractivity contribution in [2.75, 3.05) is 0 Å². The highest BCUT2D eigenvalue weighted by Crippen LogP contribution is 2.43.